The Kier molecular flexibility index (Phi) is 2.98. The molecule has 5 nitrogen and oxygen atoms in total. The minimum atomic E-state index is 0.440. The fourth-order valence-corrected chi connectivity index (χ4v) is 1.90. The first-order chi connectivity index (χ1) is 9.78. The van der Waals surface area contributed by atoms with E-state index in [1.54, 1.807) is 19.2 Å². The Bertz CT molecular complexity index is 784. The molecule has 96 valence electrons. The molecule has 0 aliphatic carbocycles. The highest BCUT2D eigenvalue weighted by Crippen LogP contribution is 2.23. The molecule has 0 spiro atoms. The molecule has 20 heavy (non-hydrogen) atoms. The molecule has 5 heteroatoms. The fraction of sp³-hybridized carbons (Fsp3) is 0.0667. The molecule has 0 bridgehead atoms. The molecule has 0 N–H and O–H groups in total. The van der Waals surface area contributed by atoms with E-state index in [4.69, 9.17) is 9.78 Å². The van der Waals surface area contributed by atoms with Gasteiger partial charge in [-0.2, -0.15) is 10.2 Å². The van der Waals surface area contributed by atoms with Gasteiger partial charge in [0.15, 0.2) is 5.82 Å². The average Bonchev–Trinajstić information content (AvgIpc) is 2.94. The van der Waals surface area contributed by atoms with Crippen LogP contribution in [-0.2, 0) is 0 Å². The molecule has 0 fully saturated rings. The minimum absolute atomic E-state index is 0.440. The van der Waals surface area contributed by atoms with Gasteiger partial charge in [0, 0.05) is 11.8 Å². The Hall–Kier alpha value is -3.00. The maximum absolute atomic E-state index is 9.10. The van der Waals surface area contributed by atoms with Gasteiger partial charge in [-0.15, -0.1) is 0 Å². The van der Waals surface area contributed by atoms with E-state index in [1.807, 2.05) is 30.3 Å². The van der Waals surface area contributed by atoms with Gasteiger partial charge in [0.25, 0.3) is 5.89 Å². The van der Waals surface area contributed by atoms with Gasteiger partial charge in [0.2, 0.25) is 0 Å². The van der Waals surface area contributed by atoms with E-state index in [0.717, 1.165) is 16.8 Å². The molecule has 0 saturated heterocycles. The lowest BCUT2D eigenvalue weighted by molar-refractivity contribution is 0.425. The summed E-state index contributed by atoms with van der Waals surface area (Å²) in [6, 6.07) is 13.2. The quantitative estimate of drug-likeness (QED) is 0.709. The van der Waals surface area contributed by atoms with Gasteiger partial charge in [-0.25, -0.2) is 0 Å². The maximum Gasteiger partial charge on any atom is 0.259 e. The summed E-state index contributed by atoms with van der Waals surface area (Å²) in [5.74, 6) is 1.02. The third-order valence-electron chi connectivity index (χ3n) is 2.86. The fourth-order valence-electron chi connectivity index (χ4n) is 1.90. The molecule has 1 aromatic carbocycles. The van der Waals surface area contributed by atoms with Crippen molar-refractivity contribution in [2.75, 3.05) is 0 Å². The first-order valence-corrected chi connectivity index (χ1v) is 6.04. The van der Waals surface area contributed by atoms with Crippen LogP contribution < -0.4 is 0 Å². The van der Waals surface area contributed by atoms with E-state index < -0.39 is 0 Å². The largest absolute Gasteiger partial charge is 0.334 e. The molecule has 0 aliphatic heterocycles. The molecule has 3 rings (SSSR count). The second-order valence-electron chi connectivity index (χ2n) is 4.24. The SMILES string of the molecule is Cc1noc(-c2ccc(-c3ccccc3C#N)nc2)n1. The van der Waals surface area contributed by atoms with Gasteiger partial charge < -0.3 is 4.52 Å². The van der Waals surface area contributed by atoms with Crippen LogP contribution in [0.25, 0.3) is 22.7 Å². The zero-order valence-corrected chi connectivity index (χ0v) is 10.7. The number of rotatable bonds is 2. The van der Waals surface area contributed by atoms with Gasteiger partial charge in [-0.05, 0) is 25.1 Å². The highest BCUT2D eigenvalue weighted by atomic mass is 16.5. The van der Waals surface area contributed by atoms with Gasteiger partial charge in [-0.1, -0.05) is 23.4 Å². The lowest BCUT2D eigenvalue weighted by Gasteiger charge is -2.03. The van der Waals surface area contributed by atoms with Gasteiger partial charge in [0.1, 0.15) is 0 Å². The first-order valence-electron chi connectivity index (χ1n) is 6.04. The smallest absolute Gasteiger partial charge is 0.259 e. The summed E-state index contributed by atoms with van der Waals surface area (Å²) in [5, 5.41) is 12.8. The van der Waals surface area contributed by atoms with Crippen LogP contribution in [0, 0.1) is 18.3 Å². The lowest BCUT2D eigenvalue weighted by atomic mass is 10.0. The van der Waals surface area contributed by atoms with Crippen molar-refractivity contribution in [1.82, 2.24) is 15.1 Å². The molecule has 3 aromatic rings. The number of hydrogen-bond acceptors (Lipinski definition) is 5. The second kappa shape index (κ2) is 4.94. The second-order valence-corrected chi connectivity index (χ2v) is 4.24. The number of pyridine rings is 1. The minimum Gasteiger partial charge on any atom is -0.334 e. The summed E-state index contributed by atoms with van der Waals surface area (Å²) in [7, 11) is 0. The Labute approximate surface area is 115 Å². The summed E-state index contributed by atoms with van der Waals surface area (Å²) in [6.07, 6.45) is 1.66. The molecule has 2 heterocycles. The maximum atomic E-state index is 9.10. The summed E-state index contributed by atoms with van der Waals surface area (Å²) < 4.78 is 5.09. The van der Waals surface area contributed by atoms with Crippen molar-refractivity contribution in [1.29, 1.82) is 5.26 Å². The van der Waals surface area contributed by atoms with Crippen molar-refractivity contribution in [3.63, 3.8) is 0 Å². The van der Waals surface area contributed by atoms with Gasteiger partial charge in [0.05, 0.1) is 22.9 Å². The van der Waals surface area contributed by atoms with Crippen molar-refractivity contribution < 1.29 is 4.52 Å². The molecule has 0 radical (unpaired) electrons. The molecule has 0 amide bonds. The van der Waals surface area contributed by atoms with Crippen molar-refractivity contribution in [3.8, 4) is 28.8 Å². The number of aryl methyl sites for hydroxylation is 1. The molecule has 0 aliphatic rings. The Morgan fingerprint density at radius 2 is 2.00 bits per heavy atom. The molecule has 0 unspecified atom stereocenters. The predicted octanol–water partition coefficient (Wildman–Crippen LogP) is 2.98. The van der Waals surface area contributed by atoms with Crippen LogP contribution in [0.5, 0.6) is 0 Å². The molecular formula is C15H10N4O. The van der Waals surface area contributed by atoms with Crippen molar-refractivity contribution in [2.45, 2.75) is 6.92 Å². The van der Waals surface area contributed by atoms with E-state index in [9.17, 15) is 0 Å². The number of nitriles is 1. The van der Waals surface area contributed by atoms with E-state index in [2.05, 4.69) is 21.2 Å². The van der Waals surface area contributed by atoms with Crippen LogP contribution in [-0.4, -0.2) is 15.1 Å². The van der Waals surface area contributed by atoms with Crippen LogP contribution in [0.4, 0.5) is 0 Å². The third-order valence-corrected chi connectivity index (χ3v) is 2.86. The molecule has 0 atom stereocenters. The zero-order valence-electron chi connectivity index (χ0n) is 10.7. The van der Waals surface area contributed by atoms with Crippen LogP contribution in [0.2, 0.25) is 0 Å². The Balaban J connectivity index is 2.00. The third kappa shape index (κ3) is 2.15. The van der Waals surface area contributed by atoms with Crippen molar-refractivity contribution in [2.24, 2.45) is 0 Å². The lowest BCUT2D eigenvalue weighted by Crippen LogP contribution is -1.88. The number of nitrogens with zero attached hydrogens (tertiary/aromatic N) is 4. The standard InChI is InChI=1S/C15H10N4O/c1-10-18-15(20-19-10)12-6-7-14(17-9-12)13-5-3-2-4-11(13)8-16/h2-7,9H,1H3. The van der Waals surface area contributed by atoms with Crippen LogP contribution in [0.1, 0.15) is 11.4 Å². The van der Waals surface area contributed by atoms with E-state index in [1.165, 1.54) is 0 Å². The summed E-state index contributed by atoms with van der Waals surface area (Å²) >= 11 is 0. The first kappa shape index (κ1) is 12.1. The summed E-state index contributed by atoms with van der Waals surface area (Å²) in [4.78, 5) is 8.51. The monoisotopic (exact) mass is 262 g/mol. The highest BCUT2D eigenvalue weighted by molar-refractivity contribution is 5.68. The van der Waals surface area contributed by atoms with E-state index in [-0.39, 0.29) is 0 Å². The number of hydrogen-bond donors (Lipinski definition) is 0. The molecule has 0 saturated carbocycles. The number of benzene rings is 1. The van der Waals surface area contributed by atoms with Crippen molar-refractivity contribution in [3.05, 3.63) is 54.0 Å². The zero-order chi connectivity index (χ0) is 13.9. The molecule has 2 aromatic heterocycles. The molecular weight excluding hydrogens is 252 g/mol. The normalized spacial score (nSPS) is 10.2. The summed E-state index contributed by atoms with van der Waals surface area (Å²) in [6.45, 7) is 1.76. The van der Waals surface area contributed by atoms with Crippen LogP contribution in [0.15, 0.2) is 47.1 Å². The van der Waals surface area contributed by atoms with Crippen LogP contribution >= 0.6 is 0 Å². The average molecular weight is 262 g/mol. The Morgan fingerprint density at radius 3 is 2.65 bits per heavy atom. The van der Waals surface area contributed by atoms with E-state index in [0.29, 0.717) is 17.3 Å². The highest BCUT2D eigenvalue weighted by Gasteiger charge is 2.09. The van der Waals surface area contributed by atoms with Gasteiger partial charge >= 0.3 is 0 Å². The topological polar surface area (TPSA) is 75.6 Å². The number of aromatic nitrogens is 3. The van der Waals surface area contributed by atoms with Crippen LogP contribution in [0.3, 0.4) is 0 Å². The predicted molar refractivity (Wildman–Crippen MR) is 72.4 cm³/mol. The van der Waals surface area contributed by atoms with Crippen molar-refractivity contribution >= 4 is 0 Å². The summed E-state index contributed by atoms with van der Waals surface area (Å²) in [5.41, 5.74) is 2.90. The van der Waals surface area contributed by atoms with E-state index >= 15 is 0 Å². The van der Waals surface area contributed by atoms with Gasteiger partial charge in [-0.3, -0.25) is 4.98 Å². The Morgan fingerprint density at radius 1 is 1.15 bits per heavy atom.